The second-order valence-corrected chi connectivity index (χ2v) is 9.52. The number of amides is 3. The summed E-state index contributed by atoms with van der Waals surface area (Å²) in [5, 5.41) is 17.4. The van der Waals surface area contributed by atoms with Crippen molar-refractivity contribution in [1.29, 1.82) is 0 Å². The van der Waals surface area contributed by atoms with Gasteiger partial charge in [-0.25, -0.2) is 0 Å². The summed E-state index contributed by atoms with van der Waals surface area (Å²) in [6, 6.07) is 9.56. The molecule has 3 heterocycles. The molecule has 3 N–H and O–H groups in total. The van der Waals surface area contributed by atoms with Crippen LogP contribution in [0.15, 0.2) is 36.4 Å². The first kappa shape index (κ1) is 21.4. The number of carbonyl (C=O) groups is 3. The topological polar surface area (TPSA) is 98.7 Å². The summed E-state index contributed by atoms with van der Waals surface area (Å²) in [5.74, 6) is -3.26. The van der Waals surface area contributed by atoms with Gasteiger partial charge < -0.3 is 10.4 Å². The molecule has 0 aromatic heterocycles. The molecular formula is C23H21Cl2N3O4. The predicted molar refractivity (Wildman–Crippen MR) is 119 cm³/mol. The molecule has 0 bridgehead atoms. The maximum absolute atomic E-state index is 13.7. The second-order valence-electron chi connectivity index (χ2n) is 8.68. The number of hydrogen-bond acceptors (Lipinski definition) is 5. The number of nitrogens with one attached hydrogen (secondary N) is 2. The van der Waals surface area contributed by atoms with Gasteiger partial charge in [0.15, 0.2) is 0 Å². The van der Waals surface area contributed by atoms with Crippen LogP contribution in [0.4, 0.5) is 5.69 Å². The number of aryl methyl sites for hydroxylation is 1. The highest BCUT2D eigenvalue weighted by Gasteiger charge is 2.71. The van der Waals surface area contributed by atoms with E-state index in [0.717, 1.165) is 10.5 Å². The van der Waals surface area contributed by atoms with Crippen LogP contribution in [0.2, 0.25) is 10.0 Å². The van der Waals surface area contributed by atoms with Crippen LogP contribution in [0.5, 0.6) is 0 Å². The van der Waals surface area contributed by atoms with E-state index in [-0.39, 0.29) is 6.54 Å². The number of aliphatic hydroxyl groups is 1. The average Bonchev–Trinajstić information content (AvgIpc) is 3.31. The number of halogens is 2. The van der Waals surface area contributed by atoms with Gasteiger partial charge in [0.2, 0.25) is 17.7 Å². The number of nitrogens with zero attached hydrogens (tertiary/aromatic N) is 1. The maximum Gasteiger partial charge on any atom is 0.250 e. The van der Waals surface area contributed by atoms with E-state index in [4.69, 9.17) is 23.2 Å². The monoisotopic (exact) mass is 473 g/mol. The molecule has 2 saturated heterocycles. The molecule has 0 unspecified atom stereocenters. The number of rotatable bonds is 3. The highest BCUT2D eigenvalue weighted by molar-refractivity contribution is 6.31. The normalized spacial score (nSPS) is 29.5. The van der Waals surface area contributed by atoms with E-state index in [2.05, 4.69) is 10.6 Å². The van der Waals surface area contributed by atoms with Crippen molar-refractivity contribution < 1.29 is 19.5 Å². The van der Waals surface area contributed by atoms with Gasteiger partial charge in [-0.2, -0.15) is 0 Å². The fraction of sp³-hybridized carbons (Fsp3) is 0.348. The Morgan fingerprint density at radius 3 is 2.56 bits per heavy atom. The second kappa shape index (κ2) is 7.28. The molecule has 2 fully saturated rings. The molecule has 3 aliphatic rings. The van der Waals surface area contributed by atoms with Crippen molar-refractivity contribution in [2.75, 3.05) is 5.32 Å². The van der Waals surface area contributed by atoms with Crippen molar-refractivity contribution >= 4 is 46.6 Å². The van der Waals surface area contributed by atoms with Gasteiger partial charge in [-0.3, -0.25) is 24.6 Å². The van der Waals surface area contributed by atoms with E-state index in [1.807, 2.05) is 6.92 Å². The van der Waals surface area contributed by atoms with Crippen molar-refractivity contribution in [3.63, 3.8) is 0 Å². The van der Waals surface area contributed by atoms with E-state index in [1.165, 1.54) is 0 Å². The van der Waals surface area contributed by atoms with Gasteiger partial charge in [0.25, 0.3) is 0 Å². The van der Waals surface area contributed by atoms with Crippen molar-refractivity contribution in [1.82, 2.24) is 10.2 Å². The Labute approximate surface area is 194 Å². The quantitative estimate of drug-likeness (QED) is 0.595. The van der Waals surface area contributed by atoms with Gasteiger partial charge >= 0.3 is 0 Å². The minimum atomic E-state index is -1.50. The highest BCUT2D eigenvalue weighted by Crippen LogP contribution is 2.54. The van der Waals surface area contributed by atoms with Gasteiger partial charge in [0, 0.05) is 27.3 Å². The number of fused-ring (bicyclic) bond motifs is 4. The number of aliphatic hydroxyl groups excluding tert-OH is 1. The zero-order valence-electron chi connectivity index (χ0n) is 17.4. The van der Waals surface area contributed by atoms with Crippen LogP contribution in [0.25, 0.3) is 0 Å². The molecular weight excluding hydrogens is 453 g/mol. The van der Waals surface area contributed by atoms with Crippen LogP contribution < -0.4 is 10.6 Å². The Morgan fingerprint density at radius 1 is 1.16 bits per heavy atom. The minimum absolute atomic E-state index is 0.00397. The third-order valence-electron chi connectivity index (χ3n) is 6.82. The Morgan fingerprint density at radius 2 is 1.88 bits per heavy atom. The molecule has 0 saturated carbocycles. The lowest BCUT2D eigenvalue weighted by molar-refractivity contribution is -0.143. The first-order valence-corrected chi connectivity index (χ1v) is 11.1. The summed E-state index contributed by atoms with van der Waals surface area (Å²) >= 11 is 12.6. The third-order valence-corrected chi connectivity index (χ3v) is 7.40. The molecule has 5 rings (SSSR count). The van der Waals surface area contributed by atoms with Gasteiger partial charge in [-0.15, -0.1) is 0 Å². The van der Waals surface area contributed by atoms with E-state index >= 15 is 0 Å². The van der Waals surface area contributed by atoms with Crippen LogP contribution in [-0.4, -0.2) is 39.9 Å². The fourth-order valence-corrected chi connectivity index (χ4v) is 5.86. The van der Waals surface area contributed by atoms with E-state index in [1.54, 1.807) is 43.3 Å². The summed E-state index contributed by atoms with van der Waals surface area (Å²) in [6.45, 7) is 3.35. The summed E-state index contributed by atoms with van der Waals surface area (Å²) in [6.07, 6.45) is -0.976. The lowest BCUT2D eigenvalue weighted by Gasteiger charge is -2.30. The first-order valence-electron chi connectivity index (χ1n) is 10.3. The fourth-order valence-electron chi connectivity index (χ4n) is 5.39. The molecule has 0 radical (unpaired) electrons. The van der Waals surface area contributed by atoms with Crippen LogP contribution >= 0.6 is 23.2 Å². The van der Waals surface area contributed by atoms with Crippen molar-refractivity contribution in [3.8, 4) is 0 Å². The molecule has 2 aromatic carbocycles. The summed E-state index contributed by atoms with van der Waals surface area (Å²) in [7, 11) is 0. The number of benzene rings is 2. The average molecular weight is 474 g/mol. The lowest BCUT2D eigenvalue weighted by Crippen LogP contribution is -2.54. The molecule has 3 aliphatic heterocycles. The molecule has 7 nitrogen and oxygen atoms in total. The van der Waals surface area contributed by atoms with Crippen LogP contribution in [-0.2, 0) is 26.5 Å². The van der Waals surface area contributed by atoms with E-state index in [0.29, 0.717) is 26.9 Å². The third kappa shape index (κ3) is 2.78. The zero-order valence-corrected chi connectivity index (χ0v) is 18.9. The van der Waals surface area contributed by atoms with Gasteiger partial charge in [-0.05, 0) is 43.2 Å². The Balaban J connectivity index is 1.65. The summed E-state index contributed by atoms with van der Waals surface area (Å²) in [4.78, 5) is 41.7. The highest BCUT2D eigenvalue weighted by atomic mass is 35.5. The summed E-state index contributed by atoms with van der Waals surface area (Å²) < 4.78 is 0. The number of imide groups is 1. The van der Waals surface area contributed by atoms with Crippen LogP contribution in [0.3, 0.4) is 0 Å². The van der Waals surface area contributed by atoms with Gasteiger partial charge in [0.1, 0.15) is 5.54 Å². The largest absolute Gasteiger partial charge is 0.392 e. The van der Waals surface area contributed by atoms with Gasteiger partial charge in [-0.1, -0.05) is 41.4 Å². The van der Waals surface area contributed by atoms with Gasteiger partial charge in [0.05, 0.1) is 24.5 Å². The summed E-state index contributed by atoms with van der Waals surface area (Å²) in [5.41, 5.74) is 0.968. The Hall–Kier alpha value is -2.45. The zero-order chi connectivity index (χ0) is 22.9. The number of hydrogen-bond donors (Lipinski definition) is 3. The van der Waals surface area contributed by atoms with E-state index in [9.17, 15) is 19.5 Å². The Kier molecular flexibility index (Phi) is 4.87. The molecule has 0 aliphatic carbocycles. The van der Waals surface area contributed by atoms with Crippen molar-refractivity contribution in [2.45, 2.75) is 38.1 Å². The predicted octanol–water partition coefficient (Wildman–Crippen LogP) is 2.60. The molecule has 3 amide bonds. The molecule has 1 spiro atoms. The Bertz CT molecular complexity index is 1180. The first-order chi connectivity index (χ1) is 15.2. The minimum Gasteiger partial charge on any atom is -0.392 e. The molecule has 166 valence electrons. The molecule has 9 heteroatoms. The van der Waals surface area contributed by atoms with E-state index < -0.39 is 47.2 Å². The standard InChI is InChI=1S/C23H21Cl2N3O4/c1-10-7-13(24)8-14-18(10)26-22(32)23(14)17-16(19(27-23)11(2)29)20(30)28(21(17)31)9-12-5-3-4-6-15(12)25/h3-8,11,16-17,19,27,29H,9H2,1-2H3,(H,26,32)/t11-,16+,17+,19+,23+/m1/s1. The van der Waals surface area contributed by atoms with Crippen LogP contribution in [0, 0.1) is 18.8 Å². The van der Waals surface area contributed by atoms with Crippen molar-refractivity contribution in [2.24, 2.45) is 11.8 Å². The number of anilines is 1. The number of carbonyl (C=O) groups excluding carboxylic acids is 3. The molecule has 5 atom stereocenters. The van der Waals surface area contributed by atoms with Crippen molar-refractivity contribution in [3.05, 3.63) is 63.1 Å². The smallest absolute Gasteiger partial charge is 0.250 e. The maximum atomic E-state index is 13.7. The molecule has 2 aromatic rings. The lowest BCUT2D eigenvalue weighted by atomic mass is 9.76. The number of likely N-dealkylation sites (tertiary alicyclic amines) is 1. The molecule has 32 heavy (non-hydrogen) atoms. The SMILES string of the molecule is Cc1cc(Cl)cc2c1NC(=O)[C@]21N[C@@H]([C@@H](C)O)[C@H]2C(=O)N(Cc3ccccc3Cl)C(=O)[C@H]21. The van der Waals surface area contributed by atoms with Crippen LogP contribution in [0.1, 0.15) is 23.6 Å².